The van der Waals surface area contributed by atoms with Crippen molar-refractivity contribution in [1.29, 1.82) is 0 Å². The van der Waals surface area contributed by atoms with Crippen LogP contribution in [0.4, 0.5) is 10.1 Å². The molecule has 0 bridgehead atoms. The molecule has 1 amide bonds. The maximum atomic E-state index is 13.5. The molecule has 1 N–H and O–H groups in total. The second kappa shape index (κ2) is 8.67. The van der Waals surface area contributed by atoms with Gasteiger partial charge in [-0.3, -0.25) is 4.79 Å². The van der Waals surface area contributed by atoms with Gasteiger partial charge in [-0.25, -0.2) is 9.18 Å². The molecule has 2 rings (SSSR count). The molecule has 0 aromatic heterocycles. The van der Waals surface area contributed by atoms with E-state index in [0.29, 0.717) is 5.75 Å². The van der Waals surface area contributed by atoms with Gasteiger partial charge in [0.05, 0.1) is 5.69 Å². The number of nitrogens with one attached hydrogen (secondary N) is 1. The van der Waals surface area contributed by atoms with E-state index in [4.69, 9.17) is 21.1 Å². The Balaban J connectivity index is 1.83. The summed E-state index contributed by atoms with van der Waals surface area (Å²) in [5.74, 6) is -1.41. The van der Waals surface area contributed by atoms with Crippen molar-refractivity contribution < 1.29 is 23.5 Å². The van der Waals surface area contributed by atoms with E-state index in [9.17, 15) is 14.0 Å². The highest BCUT2D eigenvalue weighted by atomic mass is 35.5. The van der Waals surface area contributed by atoms with E-state index in [1.165, 1.54) is 12.1 Å². The van der Waals surface area contributed by atoms with Crippen LogP contribution >= 0.6 is 11.6 Å². The molecule has 0 atom stereocenters. The van der Waals surface area contributed by atoms with Gasteiger partial charge in [-0.05, 0) is 50.1 Å². The third kappa shape index (κ3) is 5.46. The molecule has 7 heteroatoms. The minimum Gasteiger partial charge on any atom is -0.481 e. The molecule has 5 nitrogen and oxygen atoms in total. The van der Waals surface area contributed by atoms with Gasteiger partial charge >= 0.3 is 5.97 Å². The Kier molecular flexibility index (Phi) is 6.58. The summed E-state index contributed by atoms with van der Waals surface area (Å²) in [6.07, 6.45) is 0. The van der Waals surface area contributed by atoms with Gasteiger partial charge in [0.2, 0.25) is 0 Å². The van der Waals surface area contributed by atoms with Crippen molar-refractivity contribution in [1.82, 2.24) is 0 Å². The van der Waals surface area contributed by atoms with Crippen LogP contribution < -0.4 is 10.1 Å². The number of carbonyl (C=O) groups is 2. The van der Waals surface area contributed by atoms with Crippen LogP contribution in [-0.2, 0) is 14.3 Å². The number of amides is 1. The number of rotatable bonds is 6. The third-order valence-corrected chi connectivity index (χ3v) is 3.74. The first-order chi connectivity index (χ1) is 12.3. The lowest BCUT2D eigenvalue weighted by Gasteiger charge is -2.13. The second-order valence-corrected chi connectivity index (χ2v) is 6.29. The van der Waals surface area contributed by atoms with Gasteiger partial charge in [0.25, 0.3) is 5.91 Å². The van der Waals surface area contributed by atoms with Crippen LogP contribution in [0.3, 0.4) is 0 Å². The van der Waals surface area contributed by atoms with E-state index in [1.807, 2.05) is 32.9 Å². The lowest BCUT2D eigenvalue weighted by atomic mass is 10.1. The zero-order valence-corrected chi connectivity index (χ0v) is 15.4. The van der Waals surface area contributed by atoms with Crippen molar-refractivity contribution in [3.05, 3.63) is 57.9 Å². The number of ether oxygens (including phenoxy) is 2. The summed E-state index contributed by atoms with van der Waals surface area (Å²) in [7, 11) is 0. The zero-order chi connectivity index (χ0) is 19.3. The summed E-state index contributed by atoms with van der Waals surface area (Å²) in [5, 5.41) is 2.56. The Morgan fingerprint density at radius 2 is 1.73 bits per heavy atom. The summed E-state index contributed by atoms with van der Waals surface area (Å²) >= 11 is 5.74. The van der Waals surface area contributed by atoms with Crippen molar-refractivity contribution in [3.8, 4) is 5.75 Å². The molecule has 0 fully saturated rings. The van der Waals surface area contributed by atoms with Gasteiger partial charge in [0.15, 0.2) is 13.2 Å². The number of aryl methyl sites for hydroxylation is 3. The number of hydrogen-bond donors (Lipinski definition) is 1. The first kappa shape index (κ1) is 19.7. The Hall–Kier alpha value is -2.60. The monoisotopic (exact) mass is 379 g/mol. The van der Waals surface area contributed by atoms with Crippen molar-refractivity contribution >= 4 is 29.2 Å². The molecule has 0 aliphatic carbocycles. The second-order valence-electron chi connectivity index (χ2n) is 5.85. The van der Waals surface area contributed by atoms with Gasteiger partial charge in [-0.2, -0.15) is 0 Å². The van der Waals surface area contributed by atoms with Gasteiger partial charge in [-0.15, -0.1) is 0 Å². The number of halogens is 2. The van der Waals surface area contributed by atoms with Crippen LogP contribution in [0.5, 0.6) is 5.75 Å². The molecular formula is C19H19ClFNO4. The maximum absolute atomic E-state index is 13.5. The molecule has 0 spiro atoms. The van der Waals surface area contributed by atoms with E-state index in [2.05, 4.69) is 5.32 Å². The molecule has 0 unspecified atom stereocenters. The Labute approximate surface area is 156 Å². The SMILES string of the molecule is Cc1cc(C)c(OCC(=O)OCC(=O)Nc2cc(Cl)ccc2F)c(C)c1. The summed E-state index contributed by atoms with van der Waals surface area (Å²) in [6, 6.07) is 7.65. The molecular weight excluding hydrogens is 361 g/mol. The van der Waals surface area contributed by atoms with Crippen LogP contribution in [0.1, 0.15) is 16.7 Å². The number of benzene rings is 2. The molecule has 2 aromatic carbocycles. The standard InChI is InChI=1S/C19H19ClFNO4/c1-11-6-12(2)19(13(3)7-11)26-10-18(24)25-9-17(23)22-16-8-14(20)4-5-15(16)21/h4-8H,9-10H2,1-3H3,(H,22,23). The predicted molar refractivity (Wildman–Crippen MR) is 97.1 cm³/mol. The van der Waals surface area contributed by atoms with Crippen LogP contribution in [0, 0.1) is 26.6 Å². The van der Waals surface area contributed by atoms with Crippen LogP contribution in [0.15, 0.2) is 30.3 Å². The van der Waals surface area contributed by atoms with E-state index in [0.717, 1.165) is 22.8 Å². The van der Waals surface area contributed by atoms with Crippen LogP contribution in [0.25, 0.3) is 0 Å². The average Bonchev–Trinajstić information content (AvgIpc) is 2.55. The largest absolute Gasteiger partial charge is 0.481 e. The van der Waals surface area contributed by atoms with Crippen molar-refractivity contribution in [2.24, 2.45) is 0 Å². The Bertz CT molecular complexity index is 815. The molecule has 0 aliphatic heterocycles. The summed E-state index contributed by atoms with van der Waals surface area (Å²) in [5.41, 5.74) is 2.83. The summed E-state index contributed by atoms with van der Waals surface area (Å²) < 4.78 is 23.9. The quantitative estimate of drug-likeness (QED) is 0.771. The highest BCUT2D eigenvalue weighted by Crippen LogP contribution is 2.24. The molecule has 26 heavy (non-hydrogen) atoms. The molecule has 0 radical (unpaired) electrons. The lowest BCUT2D eigenvalue weighted by molar-refractivity contribution is -0.149. The lowest BCUT2D eigenvalue weighted by Crippen LogP contribution is -2.24. The molecule has 0 heterocycles. The highest BCUT2D eigenvalue weighted by molar-refractivity contribution is 6.30. The summed E-state index contributed by atoms with van der Waals surface area (Å²) in [6.45, 7) is 4.85. The van der Waals surface area contributed by atoms with Crippen LogP contribution in [-0.4, -0.2) is 25.1 Å². The van der Waals surface area contributed by atoms with E-state index >= 15 is 0 Å². The molecule has 0 saturated carbocycles. The Morgan fingerprint density at radius 1 is 1.08 bits per heavy atom. The molecule has 0 saturated heterocycles. The smallest absolute Gasteiger partial charge is 0.344 e. The average molecular weight is 380 g/mol. The fraction of sp³-hybridized carbons (Fsp3) is 0.263. The number of hydrogen-bond acceptors (Lipinski definition) is 4. The molecule has 0 aliphatic rings. The molecule has 2 aromatic rings. The first-order valence-corrected chi connectivity index (χ1v) is 8.25. The van der Waals surface area contributed by atoms with Crippen LogP contribution in [0.2, 0.25) is 5.02 Å². The summed E-state index contributed by atoms with van der Waals surface area (Å²) in [4.78, 5) is 23.5. The fourth-order valence-corrected chi connectivity index (χ4v) is 2.66. The number of carbonyl (C=O) groups excluding carboxylic acids is 2. The number of anilines is 1. The van der Waals surface area contributed by atoms with E-state index in [-0.39, 0.29) is 17.3 Å². The minimum atomic E-state index is -0.703. The highest BCUT2D eigenvalue weighted by Gasteiger charge is 2.13. The van der Waals surface area contributed by atoms with Gasteiger partial charge in [0.1, 0.15) is 11.6 Å². The predicted octanol–water partition coefficient (Wildman–Crippen LogP) is 3.97. The number of esters is 1. The topological polar surface area (TPSA) is 64.6 Å². The normalized spacial score (nSPS) is 10.3. The van der Waals surface area contributed by atoms with E-state index in [1.54, 1.807) is 0 Å². The first-order valence-electron chi connectivity index (χ1n) is 7.87. The fourth-order valence-electron chi connectivity index (χ4n) is 2.49. The van der Waals surface area contributed by atoms with Gasteiger partial charge < -0.3 is 14.8 Å². The van der Waals surface area contributed by atoms with E-state index < -0.39 is 24.3 Å². The van der Waals surface area contributed by atoms with Gasteiger partial charge in [-0.1, -0.05) is 29.3 Å². The maximum Gasteiger partial charge on any atom is 0.344 e. The molecule has 138 valence electrons. The zero-order valence-electron chi connectivity index (χ0n) is 14.7. The minimum absolute atomic E-state index is 0.0827. The van der Waals surface area contributed by atoms with Crippen molar-refractivity contribution in [2.75, 3.05) is 18.5 Å². The Morgan fingerprint density at radius 3 is 2.38 bits per heavy atom. The third-order valence-electron chi connectivity index (χ3n) is 3.51. The van der Waals surface area contributed by atoms with Gasteiger partial charge in [0, 0.05) is 5.02 Å². The van der Waals surface area contributed by atoms with Crippen molar-refractivity contribution in [2.45, 2.75) is 20.8 Å². The van der Waals surface area contributed by atoms with Crippen molar-refractivity contribution in [3.63, 3.8) is 0 Å².